The highest BCUT2D eigenvalue weighted by Crippen LogP contribution is 2.28. The fourth-order valence-corrected chi connectivity index (χ4v) is 2.11. The van der Waals surface area contributed by atoms with Gasteiger partial charge in [-0.1, -0.05) is 6.42 Å². The van der Waals surface area contributed by atoms with Gasteiger partial charge in [0, 0.05) is 12.7 Å². The van der Waals surface area contributed by atoms with Gasteiger partial charge in [-0.25, -0.2) is 9.59 Å². The summed E-state index contributed by atoms with van der Waals surface area (Å²) in [7, 11) is 0. The van der Waals surface area contributed by atoms with Crippen molar-refractivity contribution in [2.75, 3.05) is 23.8 Å². The number of rotatable bonds is 9. The first kappa shape index (κ1) is 21.6. The van der Waals surface area contributed by atoms with E-state index in [9.17, 15) is 9.59 Å². The first-order chi connectivity index (χ1) is 12.2. The molecule has 0 atom stereocenters. The second kappa shape index (κ2) is 10.5. The molecule has 0 bridgehead atoms. The van der Waals surface area contributed by atoms with E-state index in [1.807, 2.05) is 0 Å². The number of ether oxygens (including phenoxy) is 2. The molecule has 1 aromatic carbocycles. The quantitative estimate of drug-likeness (QED) is 0.488. The molecule has 4 N–H and O–H groups in total. The molecule has 0 radical (unpaired) electrons. The zero-order valence-corrected chi connectivity index (χ0v) is 15.5. The summed E-state index contributed by atoms with van der Waals surface area (Å²) < 4.78 is 10.8. The Hall–Kier alpha value is -2.48. The molecule has 2 amide bonds. The summed E-state index contributed by atoms with van der Waals surface area (Å²) in [6, 6.07) is 4.71. The number of carbonyl (C=O) groups excluding carboxylic acids is 1. The van der Waals surface area contributed by atoms with Crippen molar-refractivity contribution in [3.63, 3.8) is 0 Å². The Morgan fingerprint density at radius 1 is 1.04 bits per heavy atom. The highest BCUT2D eigenvalue weighted by molar-refractivity contribution is 5.95. The van der Waals surface area contributed by atoms with Gasteiger partial charge in [0.05, 0.1) is 18.0 Å². The number of anilines is 2. The van der Waals surface area contributed by atoms with E-state index < -0.39 is 17.8 Å². The fourth-order valence-electron chi connectivity index (χ4n) is 2.11. The van der Waals surface area contributed by atoms with Gasteiger partial charge in [0.15, 0.2) is 0 Å². The number of aliphatic hydroxyl groups excluding tert-OH is 1. The third-order valence-corrected chi connectivity index (χ3v) is 3.19. The second-order valence-electron chi connectivity index (χ2n) is 6.75. The molecule has 1 rings (SSSR count). The molecule has 0 aromatic heterocycles. The Labute approximate surface area is 153 Å². The van der Waals surface area contributed by atoms with E-state index in [-0.39, 0.29) is 18.0 Å². The molecule has 0 unspecified atom stereocenters. The molecule has 8 heteroatoms. The smallest absolute Gasteiger partial charge is 0.412 e. The number of aliphatic hydroxyl groups is 1. The minimum Gasteiger partial charge on any atom is -0.494 e. The van der Waals surface area contributed by atoms with Crippen LogP contribution in [-0.2, 0) is 4.74 Å². The van der Waals surface area contributed by atoms with Crippen molar-refractivity contribution in [2.45, 2.75) is 52.1 Å². The van der Waals surface area contributed by atoms with E-state index >= 15 is 0 Å². The van der Waals surface area contributed by atoms with Crippen LogP contribution < -0.4 is 15.4 Å². The summed E-state index contributed by atoms with van der Waals surface area (Å²) in [6.07, 6.45) is 1.56. The molecule has 0 aliphatic heterocycles. The predicted octanol–water partition coefficient (Wildman–Crippen LogP) is 4.06. The molecule has 0 aliphatic rings. The van der Waals surface area contributed by atoms with Crippen molar-refractivity contribution < 1.29 is 29.3 Å². The van der Waals surface area contributed by atoms with Crippen LogP contribution in [0.2, 0.25) is 0 Å². The van der Waals surface area contributed by atoms with Gasteiger partial charge in [-0.3, -0.25) is 10.6 Å². The Balaban J connectivity index is 2.70. The highest BCUT2D eigenvalue weighted by Gasteiger charge is 2.18. The van der Waals surface area contributed by atoms with E-state index in [1.54, 1.807) is 32.9 Å². The second-order valence-corrected chi connectivity index (χ2v) is 6.75. The van der Waals surface area contributed by atoms with Gasteiger partial charge < -0.3 is 19.7 Å². The number of hydrogen-bond acceptors (Lipinski definition) is 5. The standard InChI is InChI=1S/C18H28N2O6/c1-18(2,3)26-17(24)20-14-9-8-13(12-15(14)19-16(22)23)25-11-7-5-4-6-10-21/h8-9,12,19,21H,4-7,10-11H2,1-3H3,(H,20,24)(H,22,23). The summed E-state index contributed by atoms with van der Waals surface area (Å²) in [4.78, 5) is 22.9. The molecule has 0 saturated carbocycles. The largest absolute Gasteiger partial charge is 0.494 e. The van der Waals surface area contributed by atoms with Crippen molar-refractivity contribution in [3.8, 4) is 5.75 Å². The Kier molecular flexibility index (Phi) is 8.71. The summed E-state index contributed by atoms with van der Waals surface area (Å²) >= 11 is 0. The minimum atomic E-state index is -1.25. The van der Waals surface area contributed by atoms with Crippen molar-refractivity contribution in [3.05, 3.63) is 18.2 Å². The summed E-state index contributed by atoms with van der Waals surface area (Å²) in [5, 5.41) is 22.5. The maximum absolute atomic E-state index is 11.9. The third-order valence-electron chi connectivity index (χ3n) is 3.19. The lowest BCUT2D eigenvalue weighted by Gasteiger charge is -2.20. The third kappa shape index (κ3) is 9.12. The van der Waals surface area contributed by atoms with E-state index in [0.717, 1.165) is 25.7 Å². The van der Waals surface area contributed by atoms with Crippen molar-refractivity contribution in [1.82, 2.24) is 0 Å². The van der Waals surface area contributed by atoms with E-state index in [2.05, 4.69) is 10.6 Å². The van der Waals surface area contributed by atoms with Gasteiger partial charge in [0.25, 0.3) is 0 Å². The number of carboxylic acid groups (broad SMARTS) is 1. The number of hydrogen-bond donors (Lipinski definition) is 4. The van der Waals surface area contributed by atoms with Crippen LogP contribution in [-0.4, -0.2) is 41.2 Å². The van der Waals surface area contributed by atoms with Gasteiger partial charge in [0.2, 0.25) is 0 Å². The van der Waals surface area contributed by atoms with Crippen LogP contribution in [0.15, 0.2) is 18.2 Å². The molecule has 0 fully saturated rings. The molecule has 146 valence electrons. The maximum Gasteiger partial charge on any atom is 0.412 e. The van der Waals surface area contributed by atoms with Crippen molar-refractivity contribution in [1.29, 1.82) is 0 Å². The average molecular weight is 368 g/mol. The summed E-state index contributed by atoms with van der Waals surface area (Å²) in [5.74, 6) is 0.491. The molecular formula is C18H28N2O6. The molecule has 8 nitrogen and oxygen atoms in total. The Bertz CT molecular complexity index is 598. The lowest BCUT2D eigenvalue weighted by atomic mass is 10.2. The number of nitrogens with one attached hydrogen (secondary N) is 2. The average Bonchev–Trinajstić information content (AvgIpc) is 2.50. The van der Waals surface area contributed by atoms with Gasteiger partial charge in [-0.2, -0.15) is 0 Å². The van der Waals surface area contributed by atoms with Crippen LogP contribution in [0, 0.1) is 0 Å². The summed E-state index contributed by atoms with van der Waals surface area (Å²) in [6.45, 7) is 5.88. The summed E-state index contributed by atoms with van der Waals surface area (Å²) in [5.41, 5.74) is -0.193. The molecule has 26 heavy (non-hydrogen) atoms. The number of carbonyl (C=O) groups is 2. The SMILES string of the molecule is CC(C)(C)OC(=O)Nc1ccc(OCCCCCCO)cc1NC(=O)O. The van der Waals surface area contributed by atoms with Crippen LogP contribution in [0.4, 0.5) is 21.0 Å². The number of unbranched alkanes of at least 4 members (excludes halogenated alkanes) is 3. The fraction of sp³-hybridized carbons (Fsp3) is 0.556. The minimum absolute atomic E-state index is 0.192. The molecular weight excluding hydrogens is 340 g/mol. The molecule has 0 aliphatic carbocycles. The van der Waals surface area contributed by atoms with E-state index in [4.69, 9.17) is 19.7 Å². The monoisotopic (exact) mass is 368 g/mol. The van der Waals surface area contributed by atoms with Gasteiger partial charge in [-0.05, 0) is 52.2 Å². The van der Waals surface area contributed by atoms with Gasteiger partial charge >= 0.3 is 12.2 Å². The van der Waals surface area contributed by atoms with Crippen LogP contribution in [0.3, 0.4) is 0 Å². The zero-order valence-electron chi connectivity index (χ0n) is 15.5. The lowest BCUT2D eigenvalue weighted by Crippen LogP contribution is -2.27. The molecule has 0 heterocycles. The van der Waals surface area contributed by atoms with Gasteiger partial charge in [-0.15, -0.1) is 0 Å². The van der Waals surface area contributed by atoms with Crippen molar-refractivity contribution in [2.24, 2.45) is 0 Å². The normalized spacial score (nSPS) is 10.9. The Morgan fingerprint density at radius 2 is 1.73 bits per heavy atom. The van der Waals surface area contributed by atoms with Crippen LogP contribution >= 0.6 is 0 Å². The van der Waals surface area contributed by atoms with Crippen LogP contribution in [0.25, 0.3) is 0 Å². The number of benzene rings is 1. The Morgan fingerprint density at radius 3 is 2.35 bits per heavy atom. The topological polar surface area (TPSA) is 117 Å². The lowest BCUT2D eigenvalue weighted by molar-refractivity contribution is 0.0636. The molecule has 0 spiro atoms. The van der Waals surface area contributed by atoms with Crippen LogP contribution in [0.5, 0.6) is 5.75 Å². The van der Waals surface area contributed by atoms with Gasteiger partial charge in [0.1, 0.15) is 11.4 Å². The first-order valence-electron chi connectivity index (χ1n) is 8.59. The van der Waals surface area contributed by atoms with E-state index in [0.29, 0.717) is 12.4 Å². The predicted molar refractivity (Wildman–Crippen MR) is 99.0 cm³/mol. The first-order valence-corrected chi connectivity index (χ1v) is 8.59. The molecule has 0 saturated heterocycles. The highest BCUT2D eigenvalue weighted by atomic mass is 16.6. The number of amides is 2. The van der Waals surface area contributed by atoms with E-state index in [1.165, 1.54) is 6.07 Å². The zero-order chi connectivity index (χ0) is 19.6. The van der Waals surface area contributed by atoms with Crippen molar-refractivity contribution >= 4 is 23.6 Å². The molecule has 1 aromatic rings. The maximum atomic E-state index is 11.9. The van der Waals surface area contributed by atoms with Crippen LogP contribution in [0.1, 0.15) is 46.5 Å².